The molecule has 0 saturated heterocycles. The third-order valence-electron chi connectivity index (χ3n) is 2.47. The lowest BCUT2D eigenvalue weighted by atomic mass is 10.5. The molecule has 19 heavy (non-hydrogen) atoms. The molecule has 0 N–H and O–H groups in total. The highest BCUT2D eigenvalue weighted by molar-refractivity contribution is 7.89. The van der Waals surface area contributed by atoms with E-state index in [1.54, 1.807) is 0 Å². The second kappa shape index (κ2) is 6.07. The quantitative estimate of drug-likeness (QED) is 0.722. The molecule has 0 bridgehead atoms. The Labute approximate surface area is 110 Å². The number of aromatic nitrogens is 2. The Morgan fingerprint density at radius 2 is 1.95 bits per heavy atom. The van der Waals surface area contributed by atoms with Gasteiger partial charge in [0, 0.05) is 13.1 Å². The fourth-order valence-electron chi connectivity index (χ4n) is 1.56. The predicted octanol–water partition coefficient (Wildman–Crippen LogP) is 1.95. The van der Waals surface area contributed by atoms with Gasteiger partial charge in [-0.25, -0.2) is 13.1 Å². The van der Waals surface area contributed by atoms with Gasteiger partial charge in [0.05, 0.1) is 11.9 Å². The van der Waals surface area contributed by atoms with Crippen LogP contribution < -0.4 is 0 Å². The maximum atomic E-state index is 12.6. The minimum atomic E-state index is -3.89. The van der Waals surface area contributed by atoms with E-state index in [-0.39, 0.29) is 23.7 Å². The first-order chi connectivity index (χ1) is 8.86. The molecule has 1 aromatic rings. The van der Waals surface area contributed by atoms with Crippen LogP contribution in [0.25, 0.3) is 0 Å². The molecule has 1 rings (SSSR count). The van der Waals surface area contributed by atoms with Crippen molar-refractivity contribution < 1.29 is 17.2 Å². The molecular formula is C11H15F2N3O2S. The van der Waals surface area contributed by atoms with E-state index in [9.17, 15) is 17.2 Å². The van der Waals surface area contributed by atoms with E-state index < -0.39 is 16.6 Å². The third-order valence-corrected chi connectivity index (χ3v) is 4.40. The smallest absolute Gasteiger partial charge is 0.207 e. The second-order valence-electron chi connectivity index (χ2n) is 3.72. The highest BCUT2D eigenvalue weighted by Crippen LogP contribution is 2.22. The molecule has 1 heterocycles. The number of nitrogens with zero attached hydrogens (tertiary/aromatic N) is 3. The number of halogens is 2. The fraction of sp³-hybridized carbons (Fsp3) is 0.364. The number of rotatable bonds is 7. The van der Waals surface area contributed by atoms with Gasteiger partial charge in [-0.05, 0) is 6.92 Å². The van der Waals surface area contributed by atoms with E-state index >= 15 is 0 Å². The maximum absolute atomic E-state index is 12.6. The molecule has 0 aliphatic heterocycles. The van der Waals surface area contributed by atoms with Gasteiger partial charge in [0.25, 0.3) is 0 Å². The van der Waals surface area contributed by atoms with Crippen molar-refractivity contribution in [3.05, 3.63) is 37.2 Å². The predicted molar refractivity (Wildman–Crippen MR) is 67.4 cm³/mol. The number of hydrogen-bond donors (Lipinski definition) is 0. The largest absolute Gasteiger partial charge is 0.333 e. The molecule has 106 valence electrons. The van der Waals surface area contributed by atoms with Gasteiger partial charge in [0.2, 0.25) is 10.0 Å². The van der Waals surface area contributed by atoms with Crippen LogP contribution in [-0.4, -0.2) is 35.6 Å². The van der Waals surface area contributed by atoms with Crippen molar-refractivity contribution in [2.24, 2.45) is 0 Å². The first kappa shape index (κ1) is 15.5. The van der Waals surface area contributed by atoms with Crippen LogP contribution in [0.3, 0.4) is 0 Å². The van der Waals surface area contributed by atoms with Crippen LogP contribution in [0.15, 0.2) is 36.4 Å². The zero-order valence-electron chi connectivity index (χ0n) is 10.5. The molecule has 0 saturated carbocycles. The highest BCUT2D eigenvalue weighted by Gasteiger charge is 2.28. The number of alkyl halides is 2. The monoisotopic (exact) mass is 291 g/mol. The van der Waals surface area contributed by atoms with Gasteiger partial charge in [-0.15, -0.1) is 13.2 Å². The summed E-state index contributed by atoms with van der Waals surface area (Å²) in [5.41, 5.74) is -0.104. The SMILES string of the molecule is C=CCN(CC=C)S(=O)(=O)c1cnn(C(F)F)c1C. The lowest BCUT2D eigenvalue weighted by Crippen LogP contribution is -2.31. The fourth-order valence-corrected chi connectivity index (χ4v) is 3.08. The van der Waals surface area contributed by atoms with Crippen molar-refractivity contribution in [1.29, 1.82) is 0 Å². The van der Waals surface area contributed by atoms with Crippen LogP contribution in [0, 0.1) is 6.92 Å². The Bertz CT molecular complexity index is 556. The van der Waals surface area contributed by atoms with Crippen molar-refractivity contribution in [3.63, 3.8) is 0 Å². The summed E-state index contributed by atoms with van der Waals surface area (Å²) < 4.78 is 51.2. The van der Waals surface area contributed by atoms with Crippen LogP contribution in [0.2, 0.25) is 0 Å². The second-order valence-corrected chi connectivity index (χ2v) is 5.62. The lowest BCUT2D eigenvalue weighted by molar-refractivity contribution is 0.0541. The number of hydrogen-bond acceptors (Lipinski definition) is 3. The van der Waals surface area contributed by atoms with E-state index in [1.807, 2.05) is 0 Å². The van der Waals surface area contributed by atoms with E-state index in [0.717, 1.165) is 10.5 Å². The molecule has 0 aliphatic rings. The Balaban J connectivity index is 3.25. The van der Waals surface area contributed by atoms with Crippen molar-refractivity contribution in [1.82, 2.24) is 14.1 Å². The average Bonchev–Trinajstić information content (AvgIpc) is 2.71. The first-order valence-corrected chi connectivity index (χ1v) is 6.84. The molecule has 0 aliphatic carbocycles. The molecule has 0 aromatic carbocycles. The zero-order valence-corrected chi connectivity index (χ0v) is 11.3. The Morgan fingerprint density at radius 1 is 1.42 bits per heavy atom. The molecule has 0 fully saturated rings. The lowest BCUT2D eigenvalue weighted by Gasteiger charge is -2.18. The van der Waals surface area contributed by atoms with Gasteiger partial charge in [-0.2, -0.15) is 18.2 Å². The van der Waals surface area contributed by atoms with Gasteiger partial charge < -0.3 is 0 Å². The number of sulfonamides is 1. The molecule has 0 amide bonds. The molecule has 0 unspecified atom stereocenters. The van der Waals surface area contributed by atoms with E-state index in [1.165, 1.54) is 19.1 Å². The van der Waals surface area contributed by atoms with E-state index in [2.05, 4.69) is 18.3 Å². The summed E-state index contributed by atoms with van der Waals surface area (Å²) in [6.45, 7) is 5.46. The van der Waals surface area contributed by atoms with E-state index in [0.29, 0.717) is 4.68 Å². The summed E-state index contributed by atoms with van der Waals surface area (Å²) in [5.74, 6) is 0. The summed E-state index contributed by atoms with van der Waals surface area (Å²) in [6, 6.07) is 0. The van der Waals surface area contributed by atoms with Crippen LogP contribution in [0.5, 0.6) is 0 Å². The summed E-state index contributed by atoms with van der Waals surface area (Å²) in [5, 5.41) is 3.39. The molecule has 1 aromatic heterocycles. The minimum Gasteiger partial charge on any atom is -0.207 e. The molecule has 5 nitrogen and oxygen atoms in total. The van der Waals surface area contributed by atoms with Crippen LogP contribution >= 0.6 is 0 Å². The van der Waals surface area contributed by atoms with Gasteiger partial charge in [0.15, 0.2) is 0 Å². The minimum absolute atomic E-state index is 0.0631. The van der Waals surface area contributed by atoms with Crippen LogP contribution in [0.4, 0.5) is 8.78 Å². The summed E-state index contributed by atoms with van der Waals surface area (Å²) >= 11 is 0. The van der Waals surface area contributed by atoms with Crippen LogP contribution in [-0.2, 0) is 10.0 Å². The topological polar surface area (TPSA) is 55.2 Å². The Hall–Kier alpha value is -1.54. The summed E-state index contributed by atoms with van der Waals surface area (Å²) in [6.07, 6.45) is 3.75. The van der Waals surface area contributed by atoms with Crippen molar-refractivity contribution in [2.75, 3.05) is 13.1 Å². The molecular weight excluding hydrogens is 276 g/mol. The van der Waals surface area contributed by atoms with Gasteiger partial charge >= 0.3 is 6.55 Å². The van der Waals surface area contributed by atoms with E-state index in [4.69, 9.17) is 0 Å². The normalized spacial score (nSPS) is 12.1. The first-order valence-electron chi connectivity index (χ1n) is 5.40. The third kappa shape index (κ3) is 3.07. The molecule has 0 spiro atoms. The zero-order chi connectivity index (χ0) is 14.6. The maximum Gasteiger partial charge on any atom is 0.333 e. The molecule has 0 radical (unpaired) electrons. The highest BCUT2D eigenvalue weighted by atomic mass is 32.2. The van der Waals surface area contributed by atoms with Gasteiger partial charge in [-0.1, -0.05) is 12.2 Å². The summed E-state index contributed by atoms with van der Waals surface area (Å²) in [4.78, 5) is -0.239. The Morgan fingerprint density at radius 3 is 2.32 bits per heavy atom. The Kier molecular flexibility index (Phi) is 4.96. The molecule has 0 atom stereocenters. The standard InChI is InChI=1S/C11H15F2N3O2S/c1-4-6-15(7-5-2)19(17,18)10-8-14-16(9(10)3)11(12)13/h4-5,8,11H,1-2,6-7H2,3H3. The van der Waals surface area contributed by atoms with Crippen molar-refractivity contribution in [2.45, 2.75) is 18.4 Å². The van der Waals surface area contributed by atoms with Crippen molar-refractivity contribution >= 4 is 10.0 Å². The van der Waals surface area contributed by atoms with Crippen LogP contribution in [0.1, 0.15) is 12.2 Å². The average molecular weight is 291 g/mol. The van der Waals surface area contributed by atoms with Gasteiger partial charge in [-0.3, -0.25) is 0 Å². The van der Waals surface area contributed by atoms with Gasteiger partial charge in [0.1, 0.15) is 4.90 Å². The molecule has 8 heteroatoms. The van der Waals surface area contributed by atoms with Crippen molar-refractivity contribution in [3.8, 4) is 0 Å². The summed E-state index contributed by atoms with van der Waals surface area (Å²) in [7, 11) is -3.89.